The van der Waals surface area contributed by atoms with Gasteiger partial charge in [0, 0.05) is 38.1 Å². The van der Waals surface area contributed by atoms with Gasteiger partial charge in [0.2, 0.25) is 5.91 Å². The highest BCUT2D eigenvalue weighted by Gasteiger charge is 2.25. The van der Waals surface area contributed by atoms with Gasteiger partial charge in [-0.15, -0.1) is 11.3 Å². The van der Waals surface area contributed by atoms with Crippen molar-refractivity contribution in [3.05, 3.63) is 16.1 Å². The van der Waals surface area contributed by atoms with Crippen molar-refractivity contribution in [1.29, 1.82) is 0 Å². The number of hydrogen-bond acceptors (Lipinski definition) is 6. The molecule has 0 atom stereocenters. The van der Waals surface area contributed by atoms with Gasteiger partial charge in [-0.3, -0.25) is 4.79 Å². The first-order valence-corrected chi connectivity index (χ1v) is 8.65. The highest BCUT2D eigenvalue weighted by molar-refractivity contribution is 7.09. The maximum Gasteiger partial charge on any atom is 0.409 e. The van der Waals surface area contributed by atoms with Crippen molar-refractivity contribution in [2.45, 2.75) is 19.9 Å². The van der Waals surface area contributed by atoms with Crippen molar-refractivity contribution in [2.24, 2.45) is 0 Å². The summed E-state index contributed by atoms with van der Waals surface area (Å²) in [7, 11) is 3.99. The molecular formula is C15H24N4O3S. The first-order valence-electron chi connectivity index (χ1n) is 7.77. The molecule has 0 bridgehead atoms. The number of carbonyl (C=O) groups is 2. The average molecular weight is 340 g/mol. The lowest BCUT2D eigenvalue weighted by atomic mass is 10.2. The molecule has 2 rings (SSSR count). The minimum Gasteiger partial charge on any atom is -0.450 e. The van der Waals surface area contributed by atoms with E-state index in [1.807, 2.05) is 19.5 Å². The molecule has 0 spiro atoms. The Bertz CT molecular complexity index is 539. The van der Waals surface area contributed by atoms with E-state index in [1.165, 1.54) is 0 Å². The van der Waals surface area contributed by atoms with Gasteiger partial charge in [0.1, 0.15) is 5.01 Å². The van der Waals surface area contributed by atoms with Crippen LogP contribution in [0.15, 0.2) is 5.38 Å². The van der Waals surface area contributed by atoms with Crippen molar-refractivity contribution in [3.63, 3.8) is 0 Å². The van der Waals surface area contributed by atoms with Gasteiger partial charge in [-0.1, -0.05) is 0 Å². The van der Waals surface area contributed by atoms with Crippen LogP contribution >= 0.6 is 11.3 Å². The topological polar surface area (TPSA) is 66.0 Å². The fraction of sp³-hybridized carbons (Fsp3) is 0.667. The van der Waals surface area contributed by atoms with E-state index in [0.29, 0.717) is 39.2 Å². The van der Waals surface area contributed by atoms with Gasteiger partial charge in [0.15, 0.2) is 0 Å². The van der Waals surface area contributed by atoms with E-state index < -0.39 is 0 Å². The lowest BCUT2D eigenvalue weighted by Crippen LogP contribution is -2.51. The van der Waals surface area contributed by atoms with Crippen molar-refractivity contribution in [2.75, 3.05) is 46.9 Å². The van der Waals surface area contributed by atoms with Crippen LogP contribution in [0.4, 0.5) is 4.79 Å². The molecule has 2 amide bonds. The maximum atomic E-state index is 12.3. The molecule has 1 aromatic rings. The van der Waals surface area contributed by atoms with Gasteiger partial charge in [0.25, 0.3) is 0 Å². The lowest BCUT2D eigenvalue weighted by Gasteiger charge is -2.34. The number of carbonyl (C=O) groups excluding carboxylic acids is 2. The van der Waals surface area contributed by atoms with E-state index in [-0.39, 0.29) is 12.0 Å². The zero-order chi connectivity index (χ0) is 16.8. The predicted octanol–water partition coefficient (Wildman–Crippen LogP) is 1.05. The van der Waals surface area contributed by atoms with E-state index in [2.05, 4.69) is 9.88 Å². The molecule has 23 heavy (non-hydrogen) atoms. The SMILES string of the molecule is CCOC(=O)N1CCN(C(=O)Cc2csc(CN(C)C)n2)CC1. The van der Waals surface area contributed by atoms with Gasteiger partial charge in [-0.25, -0.2) is 9.78 Å². The summed E-state index contributed by atoms with van der Waals surface area (Å²) >= 11 is 1.58. The first-order chi connectivity index (χ1) is 11.0. The summed E-state index contributed by atoms with van der Waals surface area (Å²) in [6, 6.07) is 0. The molecule has 0 saturated carbocycles. The fourth-order valence-corrected chi connectivity index (χ4v) is 3.30. The van der Waals surface area contributed by atoms with E-state index in [1.54, 1.807) is 28.1 Å². The second-order valence-corrected chi connectivity index (χ2v) is 6.66. The minimum absolute atomic E-state index is 0.0650. The normalized spacial score (nSPS) is 15.1. The molecule has 0 unspecified atom stereocenters. The van der Waals surface area contributed by atoms with Gasteiger partial charge < -0.3 is 19.4 Å². The summed E-state index contributed by atoms with van der Waals surface area (Å²) in [5, 5.41) is 2.97. The fourth-order valence-electron chi connectivity index (χ4n) is 2.39. The molecular weight excluding hydrogens is 316 g/mol. The van der Waals surface area contributed by atoms with Crippen LogP contribution < -0.4 is 0 Å². The first kappa shape index (κ1) is 17.7. The Hall–Kier alpha value is -1.67. The molecule has 0 aromatic carbocycles. The van der Waals surface area contributed by atoms with Crippen LogP contribution in [0, 0.1) is 0 Å². The van der Waals surface area contributed by atoms with E-state index in [0.717, 1.165) is 17.2 Å². The molecule has 128 valence electrons. The Labute approximate surface area is 140 Å². The van der Waals surface area contributed by atoms with Gasteiger partial charge in [0.05, 0.1) is 18.7 Å². The van der Waals surface area contributed by atoms with Crippen LogP contribution in [-0.2, 0) is 22.5 Å². The summed E-state index contributed by atoms with van der Waals surface area (Å²) in [6.07, 6.45) is 0.0241. The zero-order valence-corrected chi connectivity index (χ0v) is 14.8. The van der Waals surface area contributed by atoms with Crippen LogP contribution in [0.3, 0.4) is 0 Å². The van der Waals surface area contributed by atoms with Crippen LogP contribution in [0.2, 0.25) is 0 Å². The van der Waals surface area contributed by atoms with Gasteiger partial charge in [-0.2, -0.15) is 0 Å². The van der Waals surface area contributed by atoms with Crippen molar-refractivity contribution < 1.29 is 14.3 Å². The van der Waals surface area contributed by atoms with E-state index in [4.69, 9.17) is 4.74 Å². The number of nitrogens with zero attached hydrogens (tertiary/aromatic N) is 4. The molecule has 7 nitrogen and oxygen atoms in total. The lowest BCUT2D eigenvalue weighted by molar-refractivity contribution is -0.132. The summed E-state index contributed by atoms with van der Waals surface area (Å²) in [4.78, 5) is 34.0. The number of amides is 2. The van der Waals surface area contributed by atoms with Crippen LogP contribution in [-0.4, -0.2) is 78.6 Å². The molecule has 0 aliphatic carbocycles. The Kier molecular flexibility index (Phi) is 6.35. The number of aromatic nitrogens is 1. The second kappa shape index (κ2) is 8.26. The van der Waals surface area contributed by atoms with E-state index in [9.17, 15) is 9.59 Å². The summed E-state index contributed by atoms with van der Waals surface area (Å²) < 4.78 is 4.98. The Morgan fingerprint density at radius 2 is 1.91 bits per heavy atom. The smallest absolute Gasteiger partial charge is 0.409 e. The number of hydrogen-bond donors (Lipinski definition) is 0. The molecule has 0 N–H and O–H groups in total. The third-order valence-corrected chi connectivity index (χ3v) is 4.42. The highest BCUT2D eigenvalue weighted by atomic mass is 32.1. The largest absolute Gasteiger partial charge is 0.450 e. The summed E-state index contributed by atoms with van der Waals surface area (Å²) in [6.45, 7) is 5.09. The number of thiazole rings is 1. The molecule has 1 aliphatic heterocycles. The Morgan fingerprint density at radius 1 is 1.26 bits per heavy atom. The number of piperazine rings is 1. The molecule has 1 saturated heterocycles. The average Bonchev–Trinajstić information content (AvgIpc) is 2.93. The standard InChI is InChI=1S/C15H24N4O3S/c1-4-22-15(21)19-7-5-18(6-8-19)14(20)9-12-11-23-13(16-12)10-17(2)3/h11H,4-10H2,1-3H3. The number of rotatable bonds is 5. The van der Waals surface area contributed by atoms with Gasteiger partial charge in [-0.05, 0) is 21.0 Å². The summed E-state index contributed by atoms with van der Waals surface area (Å²) in [5.74, 6) is 0.0650. The predicted molar refractivity (Wildman–Crippen MR) is 88.4 cm³/mol. The quantitative estimate of drug-likeness (QED) is 0.801. The highest BCUT2D eigenvalue weighted by Crippen LogP contribution is 2.13. The minimum atomic E-state index is -0.299. The van der Waals surface area contributed by atoms with Crippen molar-refractivity contribution >= 4 is 23.3 Å². The maximum absolute atomic E-state index is 12.3. The zero-order valence-electron chi connectivity index (χ0n) is 13.9. The molecule has 1 aliphatic rings. The molecule has 1 aromatic heterocycles. The van der Waals surface area contributed by atoms with Crippen LogP contribution in [0.5, 0.6) is 0 Å². The van der Waals surface area contributed by atoms with Gasteiger partial charge >= 0.3 is 6.09 Å². The number of ether oxygens (including phenoxy) is 1. The molecule has 0 radical (unpaired) electrons. The third-order valence-electron chi connectivity index (χ3n) is 3.54. The summed E-state index contributed by atoms with van der Waals surface area (Å²) in [5.41, 5.74) is 0.824. The molecule has 2 heterocycles. The van der Waals surface area contributed by atoms with Crippen LogP contribution in [0.1, 0.15) is 17.6 Å². The molecule has 1 fully saturated rings. The van der Waals surface area contributed by atoms with Crippen LogP contribution in [0.25, 0.3) is 0 Å². The van der Waals surface area contributed by atoms with Crippen molar-refractivity contribution in [3.8, 4) is 0 Å². The van der Waals surface area contributed by atoms with Crippen molar-refractivity contribution in [1.82, 2.24) is 19.7 Å². The Morgan fingerprint density at radius 3 is 2.52 bits per heavy atom. The van der Waals surface area contributed by atoms with E-state index >= 15 is 0 Å². The monoisotopic (exact) mass is 340 g/mol. The third kappa shape index (κ3) is 5.18. The Balaban J connectivity index is 1.81. The second-order valence-electron chi connectivity index (χ2n) is 5.71. The molecule has 8 heteroatoms.